The normalized spacial score (nSPS) is 11.8. The second-order valence-corrected chi connectivity index (χ2v) is 9.30. The van der Waals surface area contributed by atoms with Crippen LogP contribution in [0.25, 0.3) is 16.4 Å². The van der Waals surface area contributed by atoms with E-state index in [1.807, 2.05) is 29.0 Å². The molecule has 0 spiro atoms. The van der Waals surface area contributed by atoms with Crippen LogP contribution in [0.5, 0.6) is 0 Å². The highest BCUT2D eigenvalue weighted by Crippen LogP contribution is 2.32. The van der Waals surface area contributed by atoms with Gasteiger partial charge in [0.1, 0.15) is 0 Å². The van der Waals surface area contributed by atoms with Crippen LogP contribution in [0.2, 0.25) is 0 Å². The van der Waals surface area contributed by atoms with Crippen LogP contribution in [0.4, 0.5) is 13.2 Å². The number of hydrogen-bond donors (Lipinski definition) is 0. The van der Waals surface area contributed by atoms with E-state index in [1.165, 1.54) is 17.8 Å². The predicted octanol–water partition coefficient (Wildman–Crippen LogP) is 6.43. The number of thioether (sulfide) groups is 1. The minimum atomic E-state index is -4.43. The van der Waals surface area contributed by atoms with Gasteiger partial charge >= 0.3 is 6.18 Å². The van der Waals surface area contributed by atoms with E-state index >= 15 is 0 Å². The molecule has 0 aliphatic heterocycles. The Morgan fingerprint density at radius 3 is 2.58 bits per heavy atom. The van der Waals surface area contributed by atoms with Crippen LogP contribution in [0, 0.1) is 13.8 Å². The van der Waals surface area contributed by atoms with E-state index in [2.05, 4.69) is 10.2 Å². The molecule has 0 bridgehead atoms. The second-order valence-electron chi connectivity index (χ2n) is 7.41. The molecule has 4 rings (SSSR count). The molecule has 172 valence electrons. The largest absolute Gasteiger partial charge is 0.416 e. The summed E-state index contributed by atoms with van der Waals surface area (Å²) in [5, 5.41) is 11.2. The summed E-state index contributed by atoms with van der Waals surface area (Å²) in [5.74, 6) is 0.801. The summed E-state index contributed by atoms with van der Waals surface area (Å²) in [5.41, 5.74) is 1.43. The molecule has 10 heteroatoms. The van der Waals surface area contributed by atoms with Crippen molar-refractivity contribution in [2.75, 3.05) is 5.75 Å². The zero-order chi connectivity index (χ0) is 23.8. The van der Waals surface area contributed by atoms with Crippen LogP contribution in [0.1, 0.15) is 34.2 Å². The molecule has 0 aliphatic carbocycles. The van der Waals surface area contributed by atoms with Gasteiger partial charge in [0, 0.05) is 29.2 Å². The quantitative estimate of drug-likeness (QED) is 0.221. The summed E-state index contributed by atoms with van der Waals surface area (Å²) in [7, 11) is 0. The highest BCUT2D eigenvalue weighted by Gasteiger charge is 2.31. The Morgan fingerprint density at radius 1 is 1.12 bits per heavy atom. The highest BCUT2D eigenvalue weighted by molar-refractivity contribution is 7.99. The first kappa shape index (κ1) is 23.3. The maximum atomic E-state index is 13.2. The molecular weight excluding hydrogens is 469 g/mol. The van der Waals surface area contributed by atoms with Crippen molar-refractivity contribution < 1.29 is 18.0 Å². The summed E-state index contributed by atoms with van der Waals surface area (Å²) in [4.78, 5) is 14.0. The number of thiophene rings is 1. The lowest BCUT2D eigenvalue weighted by Crippen LogP contribution is -2.09. The van der Waals surface area contributed by atoms with E-state index in [0.29, 0.717) is 34.3 Å². The Kier molecular flexibility index (Phi) is 6.49. The molecule has 0 amide bonds. The van der Waals surface area contributed by atoms with Crippen LogP contribution in [-0.4, -0.2) is 30.9 Å². The molecule has 0 saturated carbocycles. The van der Waals surface area contributed by atoms with Gasteiger partial charge < -0.3 is 9.13 Å². The third-order valence-corrected chi connectivity index (χ3v) is 7.10. The van der Waals surface area contributed by atoms with Gasteiger partial charge in [-0.2, -0.15) is 13.2 Å². The van der Waals surface area contributed by atoms with Gasteiger partial charge in [0.15, 0.2) is 16.8 Å². The first-order chi connectivity index (χ1) is 15.7. The number of rotatable bonds is 7. The molecule has 0 saturated heterocycles. The number of halogens is 3. The monoisotopic (exact) mass is 490 g/mol. The lowest BCUT2D eigenvalue weighted by atomic mass is 10.1. The number of carbonyl (C=O) groups is 1. The average molecular weight is 491 g/mol. The molecule has 1 aromatic carbocycles. The average Bonchev–Trinajstić information content (AvgIpc) is 3.50. The van der Waals surface area contributed by atoms with Crippen molar-refractivity contribution in [3.05, 3.63) is 70.4 Å². The van der Waals surface area contributed by atoms with Crippen LogP contribution >= 0.6 is 23.1 Å². The van der Waals surface area contributed by atoms with Crippen molar-refractivity contribution in [1.29, 1.82) is 0 Å². The second kappa shape index (κ2) is 9.18. The molecule has 33 heavy (non-hydrogen) atoms. The van der Waals surface area contributed by atoms with Crippen LogP contribution in [-0.2, 0) is 12.7 Å². The molecule has 0 fully saturated rings. The minimum absolute atomic E-state index is 0.116. The summed E-state index contributed by atoms with van der Waals surface area (Å²) in [6.07, 6.45) is -4.43. The molecule has 4 aromatic rings. The number of ketones is 1. The zero-order valence-electron chi connectivity index (χ0n) is 18.2. The third-order valence-electron chi connectivity index (χ3n) is 5.27. The van der Waals surface area contributed by atoms with Crippen LogP contribution < -0.4 is 0 Å². The topological polar surface area (TPSA) is 52.7 Å². The standard InChI is InChI=1S/C23H21F3N4OS2/c1-4-29-21(20-9-6-10-32-20)27-28-22(29)33-13-19(31)18-11-14(2)30(15(18)3)17-8-5-7-16(12-17)23(24,25)26/h5-12H,4,13H2,1-3H3. The molecule has 3 aromatic heterocycles. The van der Waals surface area contributed by atoms with Crippen molar-refractivity contribution in [2.24, 2.45) is 0 Å². The first-order valence-electron chi connectivity index (χ1n) is 10.2. The first-order valence-corrected chi connectivity index (χ1v) is 12.1. The minimum Gasteiger partial charge on any atom is -0.318 e. The van der Waals surface area contributed by atoms with Crippen molar-refractivity contribution >= 4 is 28.9 Å². The van der Waals surface area contributed by atoms with Gasteiger partial charge in [0.25, 0.3) is 0 Å². The Bertz CT molecular complexity index is 1290. The SMILES string of the molecule is CCn1c(SCC(=O)c2cc(C)n(-c3cccc(C(F)(F)F)c3)c2C)nnc1-c1cccs1. The summed E-state index contributed by atoms with van der Waals surface area (Å²) in [6, 6.07) is 10.8. The molecule has 0 radical (unpaired) electrons. The molecule has 3 heterocycles. The lowest BCUT2D eigenvalue weighted by Gasteiger charge is -2.13. The molecule has 0 atom stereocenters. The number of hydrogen-bond acceptors (Lipinski definition) is 5. The van der Waals surface area contributed by atoms with Gasteiger partial charge in [-0.25, -0.2) is 0 Å². The van der Waals surface area contributed by atoms with Gasteiger partial charge in [-0.05, 0) is 56.5 Å². The number of Topliss-reactive ketones (excluding diaryl/α,β-unsaturated/α-hetero) is 1. The molecule has 0 unspecified atom stereocenters. The number of aromatic nitrogens is 4. The fourth-order valence-electron chi connectivity index (χ4n) is 3.74. The van der Waals surface area contributed by atoms with Crippen molar-refractivity contribution in [1.82, 2.24) is 19.3 Å². The molecular formula is C23H21F3N4OS2. The molecule has 5 nitrogen and oxygen atoms in total. The zero-order valence-corrected chi connectivity index (χ0v) is 19.8. The number of alkyl halides is 3. The van der Waals surface area contributed by atoms with E-state index < -0.39 is 11.7 Å². The van der Waals surface area contributed by atoms with Gasteiger partial charge in [0.05, 0.1) is 16.2 Å². The van der Waals surface area contributed by atoms with Gasteiger partial charge in [-0.1, -0.05) is 23.9 Å². The predicted molar refractivity (Wildman–Crippen MR) is 124 cm³/mol. The van der Waals surface area contributed by atoms with Crippen LogP contribution in [0.3, 0.4) is 0 Å². The number of benzene rings is 1. The molecule has 0 aliphatic rings. The summed E-state index contributed by atoms with van der Waals surface area (Å²) >= 11 is 2.88. The van der Waals surface area contributed by atoms with E-state index in [4.69, 9.17) is 0 Å². The number of carbonyl (C=O) groups excluding carboxylic acids is 1. The van der Waals surface area contributed by atoms with Crippen LogP contribution in [0.15, 0.2) is 53.0 Å². The maximum absolute atomic E-state index is 13.2. The van der Waals surface area contributed by atoms with E-state index in [1.54, 1.807) is 41.9 Å². The fraction of sp³-hybridized carbons (Fsp3) is 0.261. The Balaban J connectivity index is 1.56. The summed E-state index contributed by atoms with van der Waals surface area (Å²) in [6.45, 7) is 6.18. The Labute approximate surface area is 197 Å². The van der Waals surface area contributed by atoms with E-state index in [-0.39, 0.29) is 11.5 Å². The van der Waals surface area contributed by atoms with Crippen molar-refractivity contribution in [2.45, 2.75) is 38.6 Å². The number of nitrogens with zero attached hydrogens (tertiary/aromatic N) is 4. The molecule has 0 N–H and O–H groups in total. The Morgan fingerprint density at radius 2 is 1.91 bits per heavy atom. The Hall–Kier alpha value is -2.85. The maximum Gasteiger partial charge on any atom is 0.416 e. The smallest absolute Gasteiger partial charge is 0.318 e. The third kappa shape index (κ3) is 4.63. The van der Waals surface area contributed by atoms with Gasteiger partial charge in [-0.15, -0.1) is 21.5 Å². The lowest BCUT2D eigenvalue weighted by molar-refractivity contribution is -0.137. The summed E-state index contributed by atoms with van der Waals surface area (Å²) < 4.78 is 43.1. The highest BCUT2D eigenvalue weighted by atomic mass is 32.2. The fourth-order valence-corrected chi connectivity index (χ4v) is 5.34. The number of aryl methyl sites for hydroxylation is 1. The van der Waals surface area contributed by atoms with Crippen molar-refractivity contribution in [3.8, 4) is 16.4 Å². The van der Waals surface area contributed by atoms with Gasteiger partial charge in [0.2, 0.25) is 0 Å². The van der Waals surface area contributed by atoms with E-state index in [0.717, 1.165) is 22.8 Å². The van der Waals surface area contributed by atoms with E-state index in [9.17, 15) is 18.0 Å². The van der Waals surface area contributed by atoms with Gasteiger partial charge in [-0.3, -0.25) is 4.79 Å². The van der Waals surface area contributed by atoms with Crippen molar-refractivity contribution in [3.63, 3.8) is 0 Å².